The number of nitrogens with zero attached hydrogens (tertiary/aromatic N) is 4. The Labute approximate surface area is 141 Å². The standard InChI is InChI=1S/C13H18N6O.2ClH/c1-2-5-14-6-7-16-13(20)11-3-4-12(17-8-11)19-10-15-9-18-19;;/h3-4,8-10,14H,2,5-7H2,1H3,(H,16,20);2*1H. The lowest BCUT2D eigenvalue weighted by Gasteiger charge is -2.06. The molecule has 0 fully saturated rings. The van der Waals surface area contributed by atoms with Crippen molar-refractivity contribution in [2.45, 2.75) is 13.3 Å². The Hall–Kier alpha value is -1.70. The van der Waals surface area contributed by atoms with E-state index in [1.165, 1.54) is 17.2 Å². The maximum Gasteiger partial charge on any atom is 0.252 e. The van der Waals surface area contributed by atoms with Crippen LogP contribution in [0.1, 0.15) is 23.7 Å². The van der Waals surface area contributed by atoms with E-state index < -0.39 is 0 Å². The second-order valence-corrected chi connectivity index (χ2v) is 4.25. The Balaban J connectivity index is 0.00000220. The van der Waals surface area contributed by atoms with Gasteiger partial charge in [0.25, 0.3) is 5.91 Å². The molecule has 0 saturated carbocycles. The molecule has 2 heterocycles. The zero-order valence-corrected chi connectivity index (χ0v) is 13.9. The Morgan fingerprint density at radius 2 is 2.05 bits per heavy atom. The summed E-state index contributed by atoms with van der Waals surface area (Å²) in [6.45, 7) is 4.44. The molecule has 122 valence electrons. The summed E-state index contributed by atoms with van der Waals surface area (Å²) in [6, 6.07) is 3.46. The molecule has 0 bridgehead atoms. The van der Waals surface area contributed by atoms with Gasteiger partial charge in [0.2, 0.25) is 0 Å². The molecule has 0 atom stereocenters. The highest BCUT2D eigenvalue weighted by Crippen LogP contribution is 2.03. The van der Waals surface area contributed by atoms with Gasteiger partial charge in [-0.2, -0.15) is 5.10 Å². The Morgan fingerprint density at radius 1 is 1.23 bits per heavy atom. The van der Waals surface area contributed by atoms with Crippen LogP contribution in [-0.2, 0) is 0 Å². The number of carbonyl (C=O) groups is 1. The maximum absolute atomic E-state index is 11.9. The number of rotatable bonds is 7. The van der Waals surface area contributed by atoms with Gasteiger partial charge >= 0.3 is 0 Å². The van der Waals surface area contributed by atoms with E-state index in [1.807, 2.05) is 0 Å². The summed E-state index contributed by atoms with van der Waals surface area (Å²) < 4.78 is 1.54. The molecule has 9 heteroatoms. The third-order valence-electron chi connectivity index (χ3n) is 2.68. The first-order chi connectivity index (χ1) is 9.81. The molecule has 0 saturated heterocycles. The van der Waals surface area contributed by atoms with Crippen molar-refractivity contribution in [3.63, 3.8) is 0 Å². The topological polar surface area (TPSA) is 84.7 Å². The van der Waals surface area contributed by atoms with Crippen LogP contribution in [0.2, 0.25) is 0 Å². The number of amides is 1. The van der Waals surface area contributed by atoms with Crippen molar-refractivity contribution in [1.29, 1.82) is 0 Å². The van der Waals surface area contributed by atoms with Gasteiger partial charge in [-0.3, -0.25) is 4.79 Å². The van der Waals surface area contributed by atoms with Crippen molar-refractivity contribution in [3.8, 4) is 5.82 Å². The van der Waals surface area contributed by atoms with Crippen molar-refractivity contribution < 1.29 is 4.79 Å². The average molecular weight is 347 g/mol. The van der Waals surface area contributed by atoms with Gasteiger partial charge in [0, 0.05) is 19.3 Å². The SMILES string of the molecule is CCCNCCNC(=O)c1ccc(-n2cncn2)nc1.Cl.Cl. The molecule has 2 aromatic rings. The zero-order chi connectivity index (χ0) is 14.2. The molecule has 2 aromatic heterocycles. The molecule has 1 amide bonds. The Kier molecular flexibility index (Phi) is 10.1. The summed E-state index contributed by atoms with van der Waals surface area (Å²) in [5.41, 5.74) is 0.532. The maximum atomic E-state index is 11.9. The van der Waals surface area contributed by atoms with Crippen LogP contribution in [0.15, 0.2) is 31.0 Å². The summed E-state index contributed by atoms with van der Waals surface area (Å²) in [5, 5.41) is 10.0. The van der Waals surface area contributed by atoms with Crippen LogP contribution in [-0.4, -0.2) is 45.3 Å². The summed E-state index contributed by atoms with van der Waals surface area (Å²) in [5.74, 6) is 0.504. The molecular weight excluding hydrogens is 327 g/mol. The molecule has 0 aliphatic rings. The minimum absolute atomic E-state index is 0. The lowest BCUT2D eigenvalue weighted by Crippen LogP contribution is -2.32. The highest BCUT2D eigenvalue weighted by molar-refractivity contribution is 5.93. The predicted octanol–water partition coefficient (Wildman–Crippen LogP) is 1.24. The number of halogens is 2. The number of pyridine rings is 1. The summed E-state index contributed by atoms with van der Waals surface area (Å²) >= 11 is 0. The van der Waals surface area contributed by atoms with Crippen LogP contribution in [0, 0.1) is 0 Å². The van der Waals surface area contributed by atoms with Crippen molar-refractivity contribution in [3.05, 3.63) is 36.5 Å². The van der Waals surface area contributed by atoms with E-state index in [-0.39, 0.29) is 30.7 Å². The fraction of sp³-hybridized carbons (Fsp3) is 0.385. The quantitative estimate of drug-likeness (QED) is 0.736. The van der Waals surface area contributed by atoms with E-state index in [0.717, 1.165) is 19.5 Å². The van der Waals surface area contributed by atoms with Crippen LogP contribution in [0.25, 0.3) is 5.82 Å². The van der Waals surface area contributed by atoms with Crippen LogP contribution in [0.4, 0.5) is 0 Å². The normalized spacial score (nSPS) is 9.50. The molecule has 0 aromatic carbocycles. The second-order valence-electron chi connectivity index (χ2n) is 4.25. The predicted molar refractivity (Wildman–Crippen MR) is 89.1 cm³/mol. The molecular formula is C13H20Cl2N6O. The minimum atomic E-state index is -0.124. The van der Waals surface area contributed by atoms with E-state index in [1.54, 1.807) is 18.5 Å². The van der Waals surface area contributed by atoms with Gasteiger partial charge in [0.1, 0.15) is 12.7 Å². The molecule has 0 aliphatic heterocycles. The Bertz CT molecular complexity index is 532. The molecule has 22 heavy (non-hydrogen) atoms. The molecule has 2 N–H and O–H groups in total. The summed E-state index contributed by atoms with van der Waals surface area (Å²) in [4.78, 5) is 19.9. The van der Waals surface area contributed by atoms with E-state index in [0.29, 0.717) is 17.9 Å². The molecule has 2 rings (SSSR count). The van der Waals surface area contributed by atoms with Gasteiger partial charge in [-0.25, -0.2) is 14.6 Å². The third-order valence-corrected chi connectivity index (χ3v) is 2.68. The molecule has 0 aliphatic carbocycles. The smallest absolute Gasteiger partial charge is 0.252 e. The fourth-order valence-corrected chi connectivity index (χ4v) is 1.65. The fourth-order valence-electron chi connectivity index (χ4n) is 1.65. The van der Waals surface area contributed by atoms with Crippen LogP contribution in [0.5, 0.6) is 0 Å². The molecule has 0 spiro atoms. The van der Waals surface area contributed by atoms with Crippen molar-refractivity contribution in [2.75, 3.05) is 19.6 Å². The van der Waals surface area contributed by atoms with Gasteiger partial charge in [-0.1, -0.05) is 6.92 Å². The third kappa shape index (κ3) is 5.97. The number of hydrogen-bond donors (Lipinski definition) is 2. The number of nitrogens with one attached hydrogen (secondary N) is 2. The van der Waals surface area contributed by atoms with Gasteiger partial charge in [-0.15, -0.1) is 24.8 Å². The van der Waals surface area contributed by atoms with Crippen LogP contribution >= 0.6 is 24.8 Å². The van der Waals surface area contributed by atoms with Crippen LogP contribution in [0.3, 0.4) is 0 Å². The zero-order valence-electron chi connectivity index (χ0n) is 12.2. The van der Waals surface area contributed by atoms with Gasteiger partial charge in [0.05, 0.1) is 5.56 Å². The summed E-state index contributed by atoms with van der Waals surface area (Å²) in [6.07, 6.45) is 5.61. The van der Waals surface area contributed by atoms with Gasteiger partial charge < -0.3 is 10.6 Å². The van der Waals surface area contributed by atoms with E-state index in [9.17, 15) is 4.79 Å². The second kappa shape index (κ2) is 10.9. The Morgan fingerprint density at radius 3 is 2.64 bits per heavy atom. The number of carbonyl (C=O) groups excluding carboxylic acids is 1. The minimum Gasteiger partial charge on any atom is -0.351 e. The first-order valence-corrected chi connectivity index (χ1v) is 6.61. The first kappa shape index (κ1) is 20.3. The van der Waals surface area contributed by atoms with Crippen LogP contribution < -0.4 is 10.6 Å². The van der Waals surface area contributed by atoms with Gasteiger partial charge in [0.15, 0.2) is 5.82 Å². The lowest BCUT2D eigenvalue weighted by molar-refractivity contribution is 0.0953. The number of hydrogen-bond acceptors (Lipinski definition) is 5. The molecule has 0 radical (unpaired) electrons. The largest absolute Gasteiger partial charge is 0.351 e. The first-order valence-electron chi connectivity index (χ1n) is 6.61. The van der Waals surface area contributed by atoms with Crippen molar-refractivity contribution in [2.24, 2.45) is 0 Å². The highest BCUT2D eigenvalue weighted by atomic mass is 35.5. The monoisotopic (exact) mass is 346 g/mol. The van der Waals surface area contributed by atoms with Gasteiger partial charge in [-0.05, 0) is 25.1 Å². The number of aromatic nitrogens is 4. The van der Waals surface area contributed by atoms with E-state index >= 15 is 0 Å². The summed E-state index contributed by atoms with van der Waals surface area (Å²) in [7, 11) is 0. The van der Waals surface area contributed by atoms with Crippen molar-refractivity contribution in [1.82, 2.24) is 30.4 Å². The average Bonchev–Trinajstić information content (AvgIpc) is 3.01. The van der Waals surface area contributed by atoms with E-state index in [4.69, 9.17) is 0 Å². The highest BCUT2D eigenvalue weighted by Gasteiger charge is 2.06. The molecule has 7 nitrogen and oxygen atoms in total. The lowest BCUT2D eigenvalue weighted by atomic mass is 10.2. The van der Waals surface area contributed by atoms with E-state index in [2.05, 4.69) is 32.6 Å². The molecule has 0 unspecified atom stereocenters. The van der Waals surface area contributed by atoms with Crippen molar-refractivity contribution >= 4 is 30.7 Å².